The van der Waals surface area contributed by atoms with Gasteiger partial charge in [-0.2, -0.15) is 0 Å². The van der Waals surface area contributed by atoms with Gasteiger partial charge in [0.15, 0.2) is 0 Å². The normalized spacial score (nSPS) is 13.0. The summed E-state index contributed by atoms with van der Waals surface area (Å²) in [6.45, 7) is 1.93. The van der Waals surface area contributed by atoms with Crippen LogP contribution in [0.5, 0.6) is 0 Å². The molecule has 0 aromatic heterocycles. The average molecular weight is 344 g/mol. The Balaban J connectivity index is 2.09. The number of methoxy groups -OCH3 is 1. The summed E-state index contributed by atoms with van der Waals surface area (Å²) in [4.78, 5) is 23.9. The van der Waals surface area contributed by atoms with Crippen LogP contribution in [-0.4, -0.2) is 19.0 Å². The summed E-state index contributed by atoms with van der Waals surface area (Å²) < 4.78 is 17.6. The van der Waals surface area contributed by atoms with Gasteiger partial charge in [0.1, 0.15) is 11.9 Å². The number of rotatable bonds is 6. The molecule has 2 rings (SSSR count). The fourth-order valence-corrected chi connectivity index (χ4v) is 2.47. The number of benzene rings is 2. The van der Waals surface area contributed by atoms with E-state index in [1.54, 1.807) is 24.3 Å². The summed E-state index contributed by atoms with van der Waals surface area (Å²) in [6.07, 6.45) is 0.652. The van der Waals surface area contributed by atoms with Gasteiger partial charge in [-0.05, 0) is 41.8 Å². The van der Waals surface area contributed by atoms with Crippen LogP contribution in [0.4, 0.5) is 4.39 Å². The van der Waals surface area contributed by atoms with Crippen LogP contribution in [0.3, 0.4) is 0 Å². The van der Waals surface area contributed by atoms with E-state index in [9.17, 15) is 14.0 Å². The Bertz CT molecular complexity index is 729. The first-order chi connectivity index (χ1) is 12.0. The minimum atomic E-state index is -0.885. The van der Waals surface area contributed by atoms with Crippen LogP contribution in [0.25, 0.3) is 0 Å². The standard InChI is InChI=1S/C19H21FN2O3/c1-3-16(12-4-6-14(7-5-12)19(24)25-2)22-18(23)17(21)13-8-10-15(20)11-9-13/h4-11,16-17H,3,21H2,1-2H3,(H,22,23). The number of esters is 1. The second-order valence-corrected chi connectivity index (χ2v) is 5.61. The van der Waals surface area contributed by atoms with Crippen molar-refractivity contribution in [3.63, 3.8) is 0 Å². The summed E-state index contributed by atoms with van der Waals surface area (Å²) in [5, 5.41) is 2.88. The molecule has 0 aliphatic carbocycles. The SMILES string of the molecule is CCC(NC(=O)C(N)c1ccc(F)cc1)c1ccc(C(=O)OC)cc1. The molecular formula is C19H21FN2O3. The number of ether oxygens (including phenoxy) is 1. The van der Waals surface area contributed by atoms with Crippen molar-refractivity contribution in [2.24, 2.45) is 5.73 Å². The fraction of sp³-hybridized carbons (Fsp3) is 0.263. The predicted octanol–water partition coefficient (Wildman–Crippen LogP) is 2.88. The Morgan fingerprint density at radius 2 is 1.64 bits per heavy atom. The summed E-state index contributed by atoms with van der Waals surface area (Å²) in [7, 11) is 1.32. The van der Waals surface area contributed by atoms with Gasteiger partial charge in [0.05, 0.1) is 18.7 Å². The minimum absolute atomic E-state index is 0.245. The van der Waals surface area contributed by atoms with Crippen molar-refractivity contribution in [2.45, 2.75) is 25.4 Å². The van der Waals surface area contributed by atoms with Crippen LogP contribution < -0.4 is 11.1 Å². The Hall–Kier alpha value is -2.73. The van der Waals surface area contributed by atoms with Gasteiger partial charge >= 0.3 is 5.97 Å². The number of carbonyl (C=O) groups excluding carboxylic acids is 2. The molecule has 1 amide bonds. The van der Waals surface area contributed by atoms with E-state index in [-0.39, 0.29) is 17.8 Å². The molecule has 25 heavy (non-hydrogen) atoms. The zero-order chi connectivity index (χ0) is 18.4. The zero-order valence-corrected chi connectivity index (χ0v) is 14.2. The second-order valence-electron chi connectivity index (χ2n) is 5.61. The van der Waals surface area contributed by atoms with Gasteiger partial charge in [-0.3, -0.25) is 4.79 Å². The van der Waals surface area contributed by atoms with Gasteiger partial charge in [-0.15, -0.1) is 0 Å². The molecule has 0 aliphatic rings. The van der Waals surface area contributed by atoms with E-state index in [4.69, 9.17) is 5.73 Å². The molecule has 2 aromatic rings. The van der Waals surface area contributed by atoms with Crippen molar-refractivity contribution in [3.8, 4) is 0 Å². The van der Waals surface area contributed by atoms with Gasteiger partial charge in [0.25, 0.3) is 0 Å². The third kappa shape index (κ3) is 4.64. The molecule has 132 valence electrons. The predicted molar refractivity (Wildman–Crippen MR) is 92.3 cm³/mol. The first-order valence-corrected chi connectivity index (χ1v) is 7.96. The molecule has 2 unspecified atom stereocenters. The Labute approximate surface area is 146 Å². The molecule has 0 aliphatic heterocycles. The summed E-state index contributed by atoms with van der Waals surface area (Å²) in [6, 6.07) is 11.2. The summed E-state index contributed by atoms with van der Waals surface area (Å²) in [5.41, 5.74) is 7.79. The summed E-state index contributed by atoms with van der Waals surface area (Å²) in [5.74, 6) is -1.15. The van der Waals surface area contributed by atoms with Crippen molar-refractivity contribution >= 4 is 11.9 Å². The topological polar surface area (TPSA) is 81.4 Å². The number of nitrogens with two attached hydrogens (primary N) is 1. The molecule has 5 nitrogen and oxygen atoms in total. The largest absolute Gasteiger partial charge is 0.465 e. The van der Waals surface area contributed by atoms with E-state index in [1.165, 1.54) is 31.4 Å². The van der Waals surface area contributed by atoms with Crippen molar-refractivity contribution in [1.29, 1.82) is 0 Å². The lowest BCUT2D eigenvalue weighted by Crippen LogP contribution is -2.36. The van der Waals surface area contributed by atoms with Crippen molar-refractivity contribution in [2.75, 3.05) is 7.11 Å². The maximum Gasteiger partial charge on any atom is 0.337 e. The number of nitrogens with one attached hydrogen (secondary N) is 1. The van der Waals surface area contributed by atoms with E-state index >= 15 is 0 Å². The van der Waals surface area contributed by atoms with E-state index in [0.717, 1.165) is 5.56 Å². The van der Waals surface area contributed by atoms with Crippen molar-refractivity contribution in [1.82, 2.24) is 5.32 Å². The zero-order valence-electron chi connectivity index (χ0n) is 14.2. The van der Waals surface area contributed by atoms with E-state index in [0.29, 0.717) is 17.5 Å². The lowest BCUT2D eigenvalue weighted by molar-refractivity contribution is -0.123. The van der Waals surface area contributed by atoms with Crippen molar-refractivity contribution in [3.05, 3.63) is 71.0 Å². The smallest absolute Gasteiger partial charge is 0.337 e. The molecule has 0 spiro atoms. The highest BCUT2D eigenvalue weighted by molar-refractivity contribution is 5.89. The monoisotopic (exact) mass is 344 g/mol. The van der Waals surface area contributed by atoms with E-state index in [2.05, 4.69) is 10.1 Å². The third-order valence-corrected chi connectivity index (χ3v) is 3.97. The van der Waals surface area contributed by atoms with Gasteiger partial charge < -0.3 is 15.8 Å². The van der Waals surface area contributed by atoms with Crippen LogP contribution in [0.2, 0.25) is 0 Å². The fourth-order valence-electron chi connectivity index (χ4n) is 2.47. The van der Waals surface area contributed by atoms with Crippen LogP contribution in [-0.2, 0) is 9.53 Å². The molecule has 0 radical (unpaired) electrons. The van der Waals surface area contributed by atoms with Gasteiger partial charge in [-0.25, -0.2) is 9.18 Å². The molecule has 0 fully saturated rings. The van der Waals surface area contributed by atoms with Crippen LogP contribution in [0.1, 0.15) is 46.9 Å². The minimum Gasteiger partial charge on any atom is -0.465 e. The number of carbonyl (C=O) groups is 2. The number of amides is 1. The maximum atomic E-state index is 13.0. The molecule has 3 N–H and O–H groups in total. The van der Waals surface area contributed by atoms with Crippen LogP contribution in [0.15, 0.2) is 48.5 Å². The highest BCUT2D eigenvalue weighted by atomic mass is 19.1. The van der Waals surface area contributed by atoms with Crippen molar-refractivity contribution < 1.29 is 18.7 Å². The molecule has 0 bridgehead atoms. The maximum absolute atomic E-state index is 13.0. The molecule has 0 saturated carbocycles. The van der Waals surface area contributed by atoms with E-state index < -0.39 is 12.0 Å². The quantitative estimate of drug-likeness (QED) is 0.790. The van der Waals surface area contributed by atoms with Gasteiger partial charge in [0.2, 0.25) is 5.91 Å². The lowest BCUT2D eigenvalue weighted by atomic mass is 10.0. The first-order valence-electron chi connectivity index (χ1n) is 7.96. The third-order valence-electron chi connectivity index (χ3n) is 3.97. The number of hydrogen-bond donors (Lipinski definition) is 2. The Morgan fingerprint density at radius 1 is 1.08 bits per heavy atom. The molecule has 6 heteroatoms. The van der Waals surface area contributed by atoms with E-state index in [1.807, 2.05) is 6.92 Å². The first kappa shape index (κ1) is 18.6. The molecular weight excluding hydrogens is 323 g/mol. The molecule has 0 saturated heterocycles. The average Bonchev–Trinajstić information content (AvgIpc) is 2.65. The second kappa shape index (κ2) is 8.39. The van der Waals surface area contributed by atoms with Crippen LogP contribution in [0, 0.1) is 5.82 Å². The number of hydrogen-bond acceptors (Lipinski definition) is 4. The summed E-state index contributed by atoms with van der Waals surface area (Å²) >= 11 is 0. The molecule has 0 heterocycles. The van der Waals surface area contributed by atoms with Gasteiger partial charge in [0, 0.05) is 0 Å². The van der Waals surface area contributed by atoms with Gasteiger partial charge in [-0.1, -0.05) is 31.2 Å². The highest BCUT2D eigenvalue weighted by Crippen LogP contribution is 2.19. The Morgan fingerprint density at radius 3 is 2.16 bits per heavy atom. The molecule has 2 aromatic carbocycles. The van der Waals surface area contributed by atoms with Crippen LogP contribution >= 0.6 is 0 Å². The molecule has 2 atom stereocenters. The number of halogens is 1. The highest BCUT2D eigenvalue weighted by Gasteiger charge is 2.20. The Kier molecular flexibility index (Phi) is 6.25. The lowest BCUT2D eigenvalue weighted by Gasteiger charge is -2.20.